The first-order chi connectivity index (χ1) is 4.29. The van der Waals surface area contributed by atoms with E-state index in [-0.39, 0.29) is 12.0 Å². The Morgan fingerprint density at radius 3 is 3.11 bits per heavy atom. The summed E-state index contributed by atoms with van der Waals surface area (Å²) in [5, 5.41) is 6.67. The number of amidine groups is 1. The Morgan fingerprint density at radius 1 is 1.89 bits per heavy atom. The number of ether oxygens (including phenoxy) is 1. The van der Waals surface area contributed by atoms with Crippen LogP contribution in [0, 0.1) is 5.41 Å². The highest BCUT2D eigenvalue weighted by atomic mass is 16.5. The summed E-state index contributed by atoms with van der Waals surface area (Å²) >= 11 is 0. The monoisotopic (exact) mass is 126 g/mol. The Bertz CT molecular complexity index is 192. The SMILES string of the molecule is N=C(N)Oc1ncc[nH]1. The van der Waals surface area contributed by atoms with Crippen molar-refractivity contribution in [2.75, 3.05) is 0 Å². The Balaban J connectivity index is 2.58. The molecule has 1 rings (SSSR count). The van der Waals surface area contributed by atoms with Crippen molar-refractivity contribution in [3.8, 4) is 6.01 Å². The minimum absolute atomic E-state index is 0.238. The molecule has 0 aliphatic rings. The van der Waals surface area contributed by atoms with Crippen molar-refractivity contribution in [2.24, 2.45) is 5.73 Å². The fourth-order valence-electron chi connectivity index (χ4n) is 0.411. The predicted octanol–water partition coefficient (Wildman–Crippen LogP) is -0.318. The largest absolute Gasteiger partial charge is 0.392 e. The van der Waals surface area contributed by atoms with Crippen molar-refractivity contribution in [3.05, 3.63) is 12.4 Å². The molecule has 1 aromatic rings. The van der Waals surface area contributed by atoms with Crippen molar-refractivity contribution >= 4 is 6.02 Å². The van der Waals surface area contributed by atoms with Crippen molar-refractivity contribution in [1.29, 1.82) is 5.41 Å². The molecule has 0 radical (unpaired) electrons. The molecule has 4 N–H and O–H groups in total. The van der Waals surface area contributed by atoms with Gasteiger partial charge in [0, 0.05) is 12.4 Å². The second kappa shape index (κ2) is 2.17. The normalized spacial score (nSPS) is 8.89. The van der Waals surface area contributed by atoms with E-state index in [0.29, 0.717) is 0 Å². The molecular weight excluding hydrogens is 120 g/mol. The zero-order chi connectivity index (χ0) is 6.69. The molecule has 48 valence electrons. The molecule has 0 bridgehead atoms. The maximum Gasteiger partial charge on any atom is 0.301 e. The molecule has 9 heavy (non-hydrogen) atoms. The summed E-state index contributed by atoms with van der Waals surface area (Å²) in [5.41, 5.74) is 4.88. The highest BCUT2D eigenvalue weighted by Crippen LogP contribution is 1.95. The van der Waals surface area contributed by atoms with Gasteiger partial charge in [-0.15, -0.1) is 0 Å². The van der Waals surface area contributed by atoms with Gasteiger partial charge in [0.05, 0.1) is 0 Å². The number of rotatable bonds is 1. The molecule has 0 saturated carbocycles. The van der Waals surface area contributed by atoms with Crippen LogP contribution < -0.4 is 10.5 Å². The van der Waals surface area contributed by atoms with Crippen LogP contribution >= 0.6 is 0 Å². The van der Waals surface area contributed by atoms with Crippen LogP contribution in [0.1, 0.15) is 0 Å². The lowest BCUT2D eigenvalue weighted by Crippen LogP contribution is -2.17. The molecule has 0 spiro atoms. The number of imidazole rings is 1. The average Bonchev–Trinajstić information content (AvgIpc) is 2.15. The third-order valence-electron chi connectivity index (χ3n) is 0.680. The van der Waals surface area contributed by atoms with Gasteiger partial charge in [0.2, 0.25) is 0 Å². The maximum atomic E-state index is 6.67. The lowest BCUT2D eigenvalue weighted by molar-refractivity contribution is 0.498. The molecular formula is C4H6N4O. The van der Waals surface area contributed by atoms with Crippen molar-refractivity contribution in [2.45, 2.75) is 0 Å². The number of hydrogen-bond acceptors (Lipinski definition) is 3. The molecule has 1 aromatic heterocycles. The summed E-state index contributed by atoms with van der Waals surface area (Å²) in [6.07, 6.45) is 3.09. The lowest BCUT2D eigenvalue weighted by atomic mass is 11.0. The van der Waals surface area contributed by atoms with Gasteiger partial charge in [-0.3, -0.25) is 5.41 Å². The molecule has 0 atom stereocenters. The fourth-order valence-corrected chi connectivity index (χ4v) is 0.411. The van der Waals surface area contributed by atoms with Crippen LogP contribution in [-0.2, 0) is 0 Å². The first kappa shape index (κ1) is 5.61. The summed E-state index contributed by atoms with van der Waals surface area (Å²) in [6.45, 7) is 0. The van der Waals surface area contributed by atoms with Gasteiger partial charge in [-0.25, -0.2) is 4.98 Å². The summed E-state index contributed by atoms with van der Waals surface area (Å²) in [6, 6.07) is -0.132. The van der Waals surface area contributed by atoms with Crippen LogP contribution in [0.3, 0.4) is 0 Å². The second-order valence-electron chi connectivity index (χ2n) is 1.36. The molecule has 0 unspecified atom stereocenters. The molecule has 0 saturated heterocycles. The quantitative estimate of drug-likeness (QED) is 0.356. The van der Waals surface area contributed by atoms with E-state index in [2.05, 4.69) is 14.7 Å². The van der Waals surface area contributed by atoms with E-state index >= 15 is 0 Å². The first-order valence-electron chi connectivity index (χ1n) is 2.30. The van der Waals surface area contributed by atoms with E-state index in [1.807, 2.05) is 0 Å². The van der Waals surface area contributed by atoms with E-state index in [4.69, 9.17) is 11.1 Å². The van der Waals surface area contributed by atoms with Gasteiger partial charge in [0.25, 0.3) is 6.02 Å². The number of nitrogens with two attached hydrogens (primary N) is 1. The molecule has 0 aliphatic heterocycles. The fraction of sp³-hybridized carbons (Fsp3) is 0. The number of aromatic nitrogens is 2. The number of nitrogens with zero attached hydrogens (tertiary/aromatic N) is 1. The van der Waals surface area contributed by atoms with Gasteiger partial charge < -0.3 is 15.5 Å². The number of hydrogen-bond donors (Lipinski definition) is 3. The van der Waals surface area contributed by atoms with Crippen LogP contribution in [0.2, 0.25) is 0 Å². The number of nitrogens with one attached hydrogen (secondary N) is 2. The van der Waals surface area contributed by atoms with Gasteiger partial charge in [-0.1, -0.05) is 0 Å². The van der Waals surface area contributed by atoms with E-state index in [1.54, 1.807) is 6.20 Å². The third-order valence-corrected chi connectivity index (χ3v) is 0.680. The van der Waals surface area contributed by atoms with Crippen LogP contribution in [0.25, 0.3) is 0 Å². The Labute approximate surface area is 51.4 Å². The highest BCUT2D eigenvalue weighted by Gasteiger charge is 1.93. The Kier molecular flexibility index (Phi) is 1.35. The van der Waals surface area contributed by atoms with E-state index in [0.717, 1.165) is 0 Å². The van der Waals surface area contributed by atoms with Gasteiger partial charge in [-0.2, -0.15) is 0 Å². The van der Waals surface area contributed by atoms with Gasteiger partial charge in [0.1, 0.15) is 0 Å². The first-order valence-corrected chi connectivity index (χ1v) is 2.30. The van der Waals surface area contributed by atoms with Crippen LogP contribution in [0.4, 0.5) is 0 Å². The highest BCUT2D eigenvalue weighted by molar-refractivity contribution is 5.69. The van der Waals surface area contributed by atoms with Gasteiger partial charge >= 0.3 is 6.01 Å². The van der Waals surface area contributed by atoms with E-state index in [9.17, 15) is 0 Å². The smallest absolute Gasteiger partial charge is 0.301 e. The van der Waals surface area contributed by atoms with Gasteiger partial charge in [-0.05, 0) is 0 Å². The zero-order valence-corrected chi connectivity index (χ0v) is 4.59. The zero-order valence-electron chi connectivity index (χ0n) is 4.59. The average molecular weight is 126 g/mol. The minimum Gasteiger partial charge on any atom is -0.392 e. The topological polar surface area (TPSA) is 87.8 Å². The predicted molar refractivity (Wildman–Crippen MR) is 31.1 cm³/mol. The molecule has 1 heterocycles. The molecule has 0 amide bonds. The second-order valence-corrected chi connectivity index (χ2v) is 1.36. The van der Waals surface area contributed by atoms with E-state index < -0.39 is 0 Å². The summed E-state index contributed by atoms with van der Waals surface area (Å²) < 4.78 is 4.55. The number of H-pyrrole nitrogens is 1. The van der Waals surface area contributed by atoms with Crippen LogP contribution in [0.15, 0.2) is 12.4 Å². The van der Waals surface area contributed by atoms with Crippen molar-refractivity contribution in [1.82, 2.24) is 9.97 Å². The van der Waals surface area contributed by atoms with Gasteiger partial charge in [0.15, 0.2) is 0 Å². The van der Waals surface area contributed by atoms with Crippen molar-refractivity contribution in [3.63, 3.8) is 0 Å². The molecule has 5 heteroatoms. The number of aromatic amines is 1. The summed E-state index contributed by atoms with van der Waals surface area (Å²) in [5.74, 6) is 0. The molecule has 0 fully saturated rings. The third kappa shape index (κ3) is 1.45. The van der Waals surface area contributed by atoms with E-state index in [1.165, 1.54) is 6.20 Å². The minimum atomic E-state index is -0.370. The molecule has 0 aromatic carbocycles. The van der Waals surface area contributed by atoms with Crippen molar-refractivity contribution < 1.29 is 4.74 Å². The molecule has 5 nitrogen and oxygen atoms in total. The maximum absolute atomic E-state index is 6.67. The van der Waals surface area contributed by atoms with Crippen LogP contribution in [0.5, 0.6) is 6.01 Å². The molecule has 0 aliphatic carbocycles. The Hall–Kier alpha value is -1.52. The standard InChI is InChI=1S/C4H6N4O/c5-3(6)9-4-7-1-2-8-4/h1-2H,(H3,5,6)(H,7,8). The Morgan fingerprint density at radius 2 is 2.67 bits per heavy atom. The van der Waals surface area contributed by atoms with Crippen LogP contribution in [-0.4, -0.2) is 16.0 Å². The summed E-state index contributed by atoms with van der Waals surface area (Å²) in [4.78, 5) is 6.27. The lowest BCUT2D eigenvalue weighted by Gasteiger charge is -1.93. The summed E-state index contributed by atoms with van der Waals surface area (Å²) in [7, 11) is 0.